The minimum Gasteiger partial charge on any atom is -0.378 e. The van der Waals surface area contributed by atoms with Crippen LogP contribution in [0.25, 0.3) is 0 Å². The van der Waals surface area contributed by atoms with Crippen LogP contribution < -0.4 is 5.73 Å². The van der Waals surface area contributed by atoms with Crippen LogP contribution in [0.2, 0.25) is 0 Å². The Hall–Kier alpha value is -1.00. The number of aromatic nitrogens is 2. The van der Waals surface area contributed by atoms with Gasteiger partial charge in [0.15, 0.2) is 0 Å². The van der Waals surface area contributed by atoms with Gasteiger partial charge in [-0.3, -0.25) is 9.97 Å². The summed E-state index contributed by atoms with van der Waals surface area (Å²) in [5, 5.41) is 0. The van der Waals surface area contributed by atoms with Gasteiger partial charge in [0.05, 0.1) is 17.8 Å². The predicted octanol–water partition coefficient (Wildman–Crippen LogP) is 0.901. The van der Waals surface area contributed by atoms with E-state index in [0.717, 1.165) is 18.7 Å². The van der Waals surface area contributed by atoms with Crippen LogP contribution in [-0.2, 0) is 4.74 Å². The Bertz CT molecular complexity index is 291. The van der Waals surface area contributed by atoms with Crippen LogP contribution in [0.5, 0.6) is 0 Å². The van der Waals surface area contributed by atoms with Gasteiger partial charge in [-0.2, -0.15) is 0 Å². The first kappa shape index (κ1) is 9.55. The smallest absolute Gasteiger partial charge is 0.0757 e. The number of rotatable bonds is 2. The molecular weight excluding hydrogens is 178 g/mol. The second kappa shape index (κ2) is 4.02. The van der Waals surface area contributed by atoms with Crippen molar-refractivity contribution in [3.05, 3.63) is 24.3 Å². The van der Waals surface area contributed by atoms with E-state index >= 15 is 0 Å². The van der Waals surface area contributed by atoms with Gasteiger partial charge in [-0.25, -0.2) is 0 Å². The summed E-state index contributed by atoms with van der Waals surface area (Å²) in [6, 6.07) is -0.0544. The number of nitrogens with two attached hydrogens (primary N) is 1. The molecule has 1 aliphatic heterocycles. The van der Waals surface area contributed by atoms with E-state index < -0.39 is 0 Å². The first-order chi connectivity index (χ1) is 6.79. The molecule has 0 amide bonds. The van der Waals surface area contributed by atoms with Gasteiger partial charge < -0.3 is 10.5 Å². The monoisotopic (exact) mass is 193 g/mol. The predicted molar refractivity (Wildman–Crippen MR) is 52.5 cm³/mol. The van der Waals surface area contributed by atoms with Gasteiger partial charge in [0.2, 0.25) is 0 Å². The fourth-order valence-corrected chi connectivity index (χ4v) is 1.92. The van der Waals surface area contributed by atoms with E-state index in [0.29, 0.717) is 5.92 Å². The van der Waals surface area contributed by atoms with Gasteiger partial charge >= 0.3 is 0 Å². The molecule has 0 aromatic carbocycles. The molecule has 3 atom stereocenters. The molecule has 2 rings (SSSR count). The average molecular weight is 193 g/mol. The summed E-state index contributed by atoms with van der Waals surface area (Å²) in [6.07, 6.45) is 6.31. The molecule has 4 nitrogen and oxygen atoms in total. The number of hydrogen-bond acceptors (Lipinski definition) is 4. The third kappa shape index (κ3) is 1.76. The highest BCUT2D eigenvalue weighted by Crippen LogP contribution is 2.30. The lowest BCUT2D eigenvalue weighted by atomic mass is 9.92. The van der Waals surface area contributed by atoms with Crippen molar-refractivity contribution >= 4 is 0 Å². The molecule has 2 N–H and O–H groups in total. The number of nitrogens with zero attached hydrogens (tertiary/aromatic N) is 2. The second-order valence-electron chi connectivity index (χ2n) is 3.68. The first-order valence-corrected chi connectivity index (χ1v) is 4.92. The standard InChI is InChI=1S/C10H15N3O/c1-7-8(2-5-14-7)10(11)9-6-12-3-4-13-9/h3-4,6-8,10H,2,5,11H2,1H3. The van der Waals surface area contributed by atoms with E-state index in [1.54, 1.807) is 18.6 Å². The van der Waals surface area contributed by atoms with Gasteiger partial charge in [0.25, 0.3) is 0 Å². The Morgan fingerprint density at radius 1 is 1.57 bits per heavy atom. The van der Waals surface area contributed by atoms with E-state index in [1.165, 1.54) is 0 Å². The number of hydrogen-bond donors (Lipinski definition) is 1. The van der Waals surface area contributed by atoms with Crippen LogP contribution in [0.4, 0.5) is 0 Å². The molecule has 0 spiro atoms. The van der Waals surface area contributed by atoms with Crippen LogP contribution in [0.1, 0.15) is 25.1 Å². The van der Waals surface area contributed by atoms with E-state index in [9.17, 15) is 0 Å². The fourth-order valence-electron chi connectivity index (χ4n) is 1.92. The molecule has 2 heterocycles. The molecule has 1 aliphatic rings. The topological polar surface area (TPSA) is 61.0 Å². The Morgan fingerprint density at radius 3 is 3.00 bits per heavy atom. The number of ether oxygens (including phenoxy) is 1. The van der Waals surface area contributed by atoms with Crippen molar-refractivity contribution < 1.29 is 4.74 Å². The summed E-state index contributed by atoms with van der Waals surface area (Å²) in [6.45, 7) is 2.87. The molecule has 1 fully saturated rings. The maximum absolute atomic E-state index is 6.11. The zero-order valence-corrected chi connectivity index (χ0v) is 8.26. The molecule has 0 radical (unpaired) electrons. The lowest BCUT2D eigenvalue weighted by Crippen LogP contribution is -2.27. The van der Waals surface area contributed by atoms with Crippen molar-refractivity contribution in [3.8, 4) is 0 Å². The van der Waals surface area contributed by atoms with Gasteiger partial charge in [0.1, 0.15) is 0 Å². The van der Waals surface area contributed by atoms with Crippen molar-refractivity contribution in [1.29, 1.82) is 0 Å². The maximum atomic E-state index is 6.11. The summed E-state index contributed by atoms with van der Waals surface area (Å²) < 4.78 is 5.48. The summed E-state index contributed by atoms with van der Waals surface area (Å²) in [4.78, 5) is 8.23. The van der Waals surface area contributed by atoms with Gasteiger partial charge in [-0.05, 0) is 13.3 Å². The minimum absolute atomic E-state index is 0.0544. The molecule has 0 bridgehead atoms. The van der Waals surface area contributed by atoms with E-state index in [2.05, 4.69) is 16.9 Å². The third-order valence-corrected chi connectivity index (χ3v) is 2.82. The van der Waals surface area contributed by atoms with Crippen LogP contribution in [0.3, 0.4) is 0 Å². The van der Waals surface area contributed by atoms with Crippen molar-refractivity contribution in [1.82, 2.24) is 9.97 Å². The summed E-state index contributed by atoms with van der Waals surface area (Å²) in [5.41, 5.74) is 6.96. The van der Waals surface area contributed by atoms with E-state index in [4.69, 9.17) is 10.5 Å². The van der Waals surface area contributed by atoms with Crippen molar-refractivity contribution in [2.75, 3.05) is 6.61 Å². The van der Waals surface area contributed by atoms with Crippen molar-refractivity contribution in [2.45, 2.75) is 25.5 Å². The largest absolute Gasteiger partial charge is 0.378 e. The van der Waals surface area contributed by atoms with E-state index in [1.807, 2.05) is 0 Å². The van der Waals surface area contributed by atoms with Crippen LogP contribution in [0.15, 0.2) is 18.6 Å². The molecule has 76 valence electrons. The quantitative estimate of drug-likeness (QED) is 0.758. The van der Waals surface area contributed by atoms with E-state index in [-0.39, 0.29) is 12.1 Å². The first-order valence-electron chi connectivity index (χ1n) is 4.92. The van der Waals surface area contributed by atoms with Gasteiger partial charge in [-0.1, -0.05) is 0 Å². The van der Waals surface area contributed by atoms with Gasteiger partial charge in [-0.15, -0.1) is 0 Å². The molecular formula is C10H15N3O. The second-order valence-corrected chi connectivity index (χ2v) is 3.68. The molecule has 1 aromatic rings. The highest BCUT2D eigenvalue weighted by Gasteiger charge is 2.31. The molecule has 3 unspecified atom stereocenters. The Morgan fingerprint density at radius 2 is 2.43 bits per heavy atom. The molecule has 1 aromatic heterocycles. The van der Waals surface area contributed by atoms with Gasteiger partial charge in [0, 0.05) is 31.1 Å². The zero-order chi connectivity index (χ0) is 9.97. The molecule has 0 aliphatic carbocycles. The summed E-state index contributed by atoms with van der Waals surface area (Å²) >= 11 is 0. The molecule has 4 heteroatoms. The highest BCUT2D eigenvalue weighted by molar-refractivity contribution is 5.04. The Balaban J connectivity index is 2.12. The fraction of sp³-hybridized carbons (Fsp3) is 0.600. The average Bonchev–Trinajstić information content (AvgIpc) is 2.65. The Labute approximate surface area is 83.5 Å². The highest BCUT2D eigenvalue weighted by atomic mass is 16.5. The minimum atomic E-state index is -0.0544. The SMILES string of the molecule is CC1OCCC1C(N)c1cnccn1. The molecule has 14 heavy (non-hydrogen) atoms. The molecule has 0 saturated carbocycles. The lowest BCUT2D eigenvalue weighted by molar-refractivity contribution is 0.0991. The summed E-state index contributed by atoms with van der Waals surface area (Å²) in [5.74, 6) is 0.367. The molecule has 1 saturated heterocycles. The Kier molecular flexibility index (Phi) is 2.74. The summed E-state index contributed by atoms with van der Waals surface area (Å²) in [7, 11) is 0. The van der Waals surface area contributed by atoms with Crippen LogP contribution in [0, 0.1) is 5.92 Å². The third-order valence-electron chi connectivity index (χ3n) is 2.82. The van der Waals surface area contributed by atoms with Crippen LogP contribution in [-0.4, -0.2) is 22.7 Å². The zero-order valence-electron chi connectivity index (χ0n) is 8.26. The maximum Gasteiger partial charge on any atom is 0.0757 e. The van der Waals surface area contributed by atoms with Crippen molar-refractivity contribution in [2.24, 2.45) is 11.7 Å². The lowest BCUT2D eigenvalue weighted by Gasteiger charge is -2.20. The normalized spacial score (nSPS) is 29.0. The van der Waals surface area contributed by atoms with Crippen molar-refractivity contribution in [3.63, 3.8) is 0 Å². The van der Waals surface area contributed by atoms with Crippen LogP contribution >= 0.6 is 0 Å².